The van der Waals surface area contributed by atoms with Crippen molar-refractivity contribution < 1.29 is 0 Å². The fourth-order valence-corrected chi connectivity index (χ4v) is 1.84. The number of nitrogens with one attached hydrogen (secondary N) is 2. The zero-order chi connectivity index (χ0) is 14.2. The maximum atomic E-state index is 8.61. The highest BCUT2D eigenvalue weighted by atomic mass is 32.1. The van der Waals surface area contributed by atoms with Crippen LogP contribution in [0.3, 0.4) is 0 Å². The van der Waals surface area contributed by atoms with Gasteiger partial charge in [-0.25, -0.2) is 0 Å². The van der Waals surface area contributed by atoms with Crippen molar-refractivity contribution in [3.63, 3.8) is 0 Å². The van der Waals surface area contributed by atoms with Crippen molar-refractivity contribution >= 4 is 23.0 Å². The minimum absolute atomic E-state index is 0.419. The average molecular weight is 282 g/mol. The van der Waals surface area contributed by atoms with E-state index in [1.165, 1.54) is 0 Å². The van der Waals surface area contributed by atoms with Gasteiger partial charge in [-0.05, 0) is 42.0 Å². The number of benzene rings is 1. The molecule has 0 aliphatic rings. The number of anilines is 1. The van der Waals surface area contributed by atoms with Crippen LogP contribution in [0.5, 0.6) is 0 Å². The molecule has 0 aliphatic heterocycles. The summed E-state index contributed by atoms with van der Waals surface area (Å²) in [5, 5.41) is 15.3. The molecule has 1 heterocycles. The van der Waals surface area contributed by atoms with Crippen molar-refractivity contribution in [1.82, 2.24) is 10.3 Å². The SMILES string of the molecule is N#CCc1ccc(NC(=S)NCc2ccccn2)cc1. The van der Waals surface area contributed by atoms with Crippen molar-refractivity contribution in [1.29, 1.82) is 5.26 Å². The van der Waals surface area contributed by atoms with Gasteiger partial charge in [-0.15, -0.1) is 0 Å². The first-order chi connectivity index (χ1) is 9.78. The van der Waals surface area contributed by atoms with E-state index in [4.69, 9.17) is 17.5 Å². The Kier molecular flexibility index (Phi) is 5.04. The summed E-state index contributed by atoms with van der Waals surface area (Å²) >= 11 is 5.22. The van der Waals surface area contributed by atoms with Crippen molar-refractivity contribution in [2.45, 2.75) is 13.0 Å². The van der Waals surface area contributed by atoms with E-state index in [-0.39, 0.29) is 0 Å². The first kappa shape index (κ1) is 14.0. The largest absolute Gasteiger partial charge is 0.357 e. The third-order valence-corrected chi connectivity index (χ3v) is 2.90. The molecule has 20 heavy (non-hydrogen) atoms. The lowest BCUT2D eigenvalue weighted by Crippen LogP contribution is -2.28. The zero-order valence-electron chi connectivity index (χ0n) is 10.8. The quantitative estimate of drug-likeness (QED) is 0.844. The van der Waals surface area contributed by atoms with Gasteiger partial charge in [-0.2, -0.15) is 5.26 Å². The first-order valence-corrected chi connectivity index (χ1v) is 6.59. The molecule has 0 bridgehead atoms. The maximum absolute atomic E-state index is 8.61. The number of hydrogen-bond donors (Lipinski definition) is 2. The monoisotopic (exact) mass is 282 g/mol. The van der Waals surface area contributed by atoms with Gasteiger partial charge in [0.15, 0.2) is 5.11 Å². The highest BCUT2D eigenvalue weighted by Gasteiger charge is 1.99. The third kappa shape index (κ3) is 4.34. The van der Waals surface area contributed by atoms with Gasteiger partial charge in [0.05, 0.1) is 24.7 Å². The standard InChI is InChI=1S/C15H14N4S/c16-9-8-12-4-6-13(7-5-12)19-15(20)18-11-14-3-1-2-10-17-14/h1-7,10H,8,11H2,(H2,18,19,20). The molecule has 0 spiro atoms. The predicted octanol–water partition coefficient (Wildman–Crippen LogP) is 2.63. The second-order valence-electron chi connectivity index (χ2n) is 4.16. The Balaban J connectivity index is 1.84. The Bertz CT molecular complexity index is 602. The van der Waals surface area contributed by atoms with Gasteiger partial charge in [0.2, 0.25) is 0 Å². The number of rotatable bonds is 4. The minimum Gasteiger partial charge on any atom is -0.357 e. The van der Waals surface area contributed by atoms with Crippen LogP contribution in [-0.4, -0.2) is 10.1 Å². The summed E-state index contributed by atoms with van der Waals surface area (Å²) < 4.78 is 0. The van der Waals surface area contributed by atoms with Crippen LogP contribution in [-0.2, 0) is 13.0 Å². The first-order valence-electron chi connectivity index (χ1n) is 6.18. The maximum Gasteiger partial charge on any atom is 0.171 e. The van der Waals surface area contributed by atoms with E-state index in [1.54, 1.807) is 6.20 Å². The summed E-state index contributed by atoms with van der Waals surface area (Å²) in [5.41, 5.74) is 2.82. The Hall–Kier alpha value is -2.45. The fraction of sp³-hybridized carbons (Fsp3) is 0.133. The molecule has 1 aromatic heterocycles. The predicted molar refractivity (Wildman–Crippen MR) is 83.1 cm³/mol. The lowest BCUT2D eigenvalue weighted by atomic mass is 10.1. The van der Waals surface area contributed by atoms with Crippen molar-refractivity contribution in [3.05, 3.63) is 59.9 Å². The molecule has 0 saturated heterocycles. The molecule has 0 saturated carbocycles. The second-order valence-corrected chi connectivity index (χ2v) is 4.57. The summed E-state index contributed by atoms with van der Waals surface area (Å²) in [7, 11) is 0. The van der Waals surface area contributed by atoms with E-state index >= 15 is 0 Å². The smallest absolute Gasteiger partial charge is 0.171 e. The van der Waals surface area contributed by atoms with Crippen LogP contribution in [0.4, 0.5) is 5.69 Å². The molecule has 0 amide bonds. The van der Waals surface area contributed by atoms with Crippen molar-refractivity contribution in [2.24, 2.45) is 0 Å². The minimum atomic E-state index is 0.419. The molecule has 2 rings (SSSR count). The molecule has 0 fully saturated rings. The van der Waals surface area contributed by atoms with Gasteiger partial charge in [0.1, 0.15) is 0 Å². The summed E-state index contributed by atoms with van der Waals surface area (Å²) in [5.74, 6) is 0. The number of hydrogen-bond acceptors (Lipinski definition) is 3. The third-order valence-electron chi connectivity index (χ3n) is 2.65. The molecule has 1 aromatic carbocycles. The molecule has 100 valence electrons. The van der Waals surface area contributed by atoms with Crippen molar-refractivity contribution in [2.75, 3.05) is 5.32 Å². The van der Waals surface area contributed by atoms with Gasteiger partial charge in [-0.3, -0.25) is 4.98 Å². The molecule has 2 aromatic rings. The van der Waals surface area contributed by atoms with E-state index in [0.29, 0.717) is 18.1 Å². The Morgan fingerprint density at radius 3 is 2.65 bits per heavy atom. The van der Waals surface area contributed by atoms with Gasteiger partial charge in [0.25, 0.3) is 0 Å². The van der Waals surface area contributed by atoms with E-state index in [1.807, 2.05) is 42.5 Å². The van der Waals surface area contributed by atoms with Crippen LogP contribution < -0.4 is 10.6 Å². The lowest BCUT2D eigenvalue weighted by molar-refractivity contribution is 0.882. The van der Waals surface area contributed by atoms with Crippen LogP contribution in [0, 0.1) is 11.3 Å². The zero-order valence-corrected chi connectivity index (χ0v) is 11.7. The van der Waals surface area contributed by atoms with Crippen molar-refractivity contribution in [3.8, 4) is 6.07 Å². The van der Waals surface area contributed by atoms with Crippen LogP contribution in [0.15, 0.2) is 48.7 Å². The molecular weight excluding hydrogens is 268 g/mol. The van der Waals surface area contributed by atoms with Crippen LogP contribution >= 0.6 is 12.2 Å². The number of thiocarbonyl (C=S) groups is 1. The molecule has 0 radical (unpaired) electrons. The van der Waals surface area contributed by atoms with Gasteiger partial charge >= 0.3 is 0 Å². The van der Waals surface area contributed by atoms with Crippen LogP contribution in [0.2, 0.25) is 0 Å². The molecule has 0 unspecified atom stereocenters. The number of aromatic nitrogens is 1. The van der Waals surface area contributed by atoms with Crippen LogP contribution in [0.25, 0.3) is 0 Å². The fourth-order valence-electron chi connectivity index (χ4n) is 1.65. The molecule has 0 atom stereocenters. The van der Waals surface area contributed by atoms with E-state index in [0.717, 1.165) is 16.9 Å². The average Bonchev–Trinajstić information content (AvgIpc) is 2.49. The summed E-state index contributed by atoms with van der Waals surface area (Å²) in [6.45, 7) is 0.583. The number of nitriles is 1. The van der Waals surface area contributed by atoms with Gasteiger partial charge in [-0.1, -0.05) is 18.2 Å². The van der Waals surface area contributed by atoms with E-state index in [9.17, 15) is 0 Å². The Morgan fingerprint density at radius 1 is 1.20 bits per heavy atom. The summed E-state index contributed by atoms with van der Waals surface area (Å²) in [6.07, 6.45) is 2.17. The highest BCUT2D eigenvalue weighted by Crippen LogP contribution is 2.09. The second kappa shape index (κ2) is 7.22. The molecule has 4 nitrogen and oxygen atoms in total. The highest BCUT2D eigenvalue weighted by molar-refractivity contribution is 7.80. The molecule has 0 aliphatic carbocycles. The Labute approximate surface area is 123 Å². The van der Waals surface area contributed by atoms with E-state index in [2.05, 4.69) is 21.7 Å². The molecule has 5 heteroatoms. The van der Waals surface area contributed by atoms with E-state index < -0.39 is 0 Å². The normalized spacial score (nSPS) is 9.55. The summed E-state index contributed by atoms with van der Waals surface area (Å²) in [4.78, 5) is 4.21. The number of pyridine rings is 1. The topological polar surface area (TPSA) is 60.7 Å². The lowest BCUT2D eigenvalue weighted by Gasteiger charge is -2.10. The Morgan fingerprint density at radius 2 is 2.00 bits per heavy atom. The van der Waals surface area contributed by atoms with Gasteiger partial charge in [0, 0.05) is 11.9 Å². The number of nitrogens with zero attached hydrogens (tertiary/aromatic N) is 2. The van der Waals surface area contributed by atoms with Gasteiger partial charge < -0.3 is 10.6 Å². The molecular formula is C15H14N4S. The summed E-state index contributed by atoms with van der Waals surface area (Å²) in [6, 6.07) is 15.5. The van der Waals surface area contributed by atoms with Crippen LogP contribution in [0.1, 0.15) is 11.3 Å². The molecule has 2 N–H and O–H groups in total.